The zero-order chi connectivity index (χ0) is 13.8. The van der Waals surface area contributed by atoms with E-state index in [1.54, 1.807) is 7.11 Å². The highest BCUT2D eigenvalue weighted by Crippen LogP contribution is 2.25. The molecule has 1 aromatic rings. The highest BCUT2D eigenvalue weighted by atomic mass is 16.5. The Balaban J connectivity index is 2.81. The van der Waals surface area contributed by atoms with Crippen LogP contribution in [0, 0.1) is 5.41 Å². The molecule has 0 bridgehead atoms. The van der Waals surface area contributed by atoms with Crippen LogP contribution < -0.4 is 4.74 Å². The fourth-order valence-corrected chi connectivity index (χ4v) is 2.18. The van der Waals surface area contributed by atoms with Crippen LogP contribution in [0.2, 0.25) is 0 Å². The molecule has 1 unspecified atom stereocenters. The Morgan fingerprint density at radius 2 is 1.78 bits per heavy atom. The fourth-order valence-electron chi connectivity index (χ4n) is 2.18. The maximum Gasteiger partial charge on any atom is 0.118 e. The SMILES string of the molecule is COc1ccc(C(CO)N(C)CC(C)(C)C)cc1. The molecule has 1 atom stereocenters. The predicted octanol–water partition coefficient (Wildman–Crippen LogP) is 2.71. The summed E-state index contributed by atoms with van der Waals surface area (Å²) >= 11 is 0. The molecule has 3 nitrogen and oxygen atoms in total. The maximum atomic E-state index is 9.60. The van der Waals surface area contributed by atoms with Crippen molar-refractivity contribution in [1.82, 2.24) is 4.90 Å². The molecule has 18 heavy (non-hydrogen) atoms. The number of aliphatic hydroxyl groups excluding tert-OH is 1. The van der Waals surface area contributed by atoms with Crippen LogP contribution in [-0.4, -0.2) is 37.3 Å². The Hall–Kier alpha value is -1.06. The number of hydrogen-bond donors (Lipinski definition) is 1. The van der Waals surface area contributed by atoms with E-state index in [0.29, 0.717) is 0 Å². The summed E-state index contributed by atoms with van der Waals surface area (Å²) in [5.41, 5.74) is 1.33. The van der Waals surface area contributed by atoms with Crippen molar-refractivity contribution in [1.29, 1.82) is 0 Å². The predicted molar refractivity (Wildman–Crippen MR) is 74.9 cm³/mol. The van der Waals surface area contributed by atoms with Crippen molar-refractivity contribution < 1.29 is 9.84 Å². The third kappa shape index (κ3) is 4.31. The highest BCUT2D eigenvalue weighted by Gasteiger charge is 2.21. The summed E-state index contributed by atoms with van der Waals surface area (Å²) in [5, 5.41) is 9.60. The van der Waals surface area contributed by atoms with E-state index < -0.39 is 0 Å². The molecule has 1 aromatic carbocycles. The number of aliphatic hydroxyl groups is 1. The van der Waals surface area contributed by atoms with Gasteiger partial charge in [-0.3, -0.25) is 4.90 Å². The fraction of sp³-hybridized carbons (Fsp3) is 0.600. The molecule has 0 fully saturated rings. The van der Waals surface area contributed by atoms with Crippen LogP contribution >= 0.6 is 0 Å². The second kappa shape index (κ2) is 6.21. The summed E-state index contributed by atoms with van der Waals surface area (Å²) in [6, 6.07) is 7.93. The molecule has 0 aromatic heterocycles. The summed E-state index contributed by atoms with van der Waals surface area (Å²) in [6.07, 6.45) is 0. The van der Waals surface area contributed by atoms with Gasteiger partial charge < -0.3 is 9.84 Å². The maximum absolute atomic E-state index is 9.60. The summed E-state index contributed by atoms with van der Waals surface area (Å²) in [5.74, 6) is 0.842. The van der Waals surface area contributed by atoms with Gasteiger partial charge in [0.25, 0.3) is 0 Å². The molecule has 3 heteroatoms. The topological polar surface area (TPSA) is 32.7 Å². The van der Waals surface area contributed by atoms with Gasteiger partial charge >= 0.3 is 0 Å². The van der Waals surface area contributed by atoms with Gasteiger partial charge in [0.2, 0.25) is 0 Å². The summed E-state index contributed by atoms with van der Waals surface area (Å²) in [4.78, 5) is 2.20. The Morgan fingerprint density at radius 1 is 1.22 bits per heavy atom. The van der Waals surface area contributed by atoms with Crippen LogP contribution in [0.5, 0.6) is 5.75 Å². The second-order valence-corrected chi connectivity index (χ2v) is 5.95. The van der Waals surface area contributed by atoms with Crippen LogP contribution in [0.25, 0.3) is 0 Å². The van der Waals surface area contributed by atoms with Gasteiger partial charge in [0.05, 0.1) is 19.8 Å². The third-order valence-corrected chi connectivity index (χ3v) is 2.93. The van der Waals surface area contributed by atoms with Crippen LogP contribution in [0.1, 0.15) is 32.4 Å². The zero-order valence-electron chi connectivity index (χ0n) is 12.1. The quantitative estimate of drug-likeness (QED) is 0.873. The van der Waals surface area contributed by atoms with Crippen LogP contribution in [0.15, 0.2) is 24.3 Å². The lowest BCUT2D eigenvalue weighted by atomic mass is 9.94. The molecule has 102 valence electrons. The van der Waals surface area contributed by atoms with E-state index in [1.807, 2.05) is 24.3 Å². The molecule has 0 saturated carbocycles. The normalized spacial score (nSPS) is 13.7. The van der Waals surface area contributed by atoms with Gasteiger partial charge in [0.15, 0.2) is 0 Å². The number of hydrogen-bond acceptors (Lipinski definition) is 3. The van der Waals surface area contributed by atoms with Crippen molar-refractivity contribution in [2.75, 3.05) is 27.3 Å². The number of likely N-dealkylation sites (N-methyl/N-ethyl adjacent to an activating group) is 1. The summed E-state index contributed by atoms with van der Waals surface area (Å²) in [6.45, 7) is 7.66. The lowest BCUT2D eigenvalue weighted by Crippen LogP contribution is -2.34. The molecule has 1 rings (SSSR count). The van der Waals surface area contributed by atoms with Gasteiger partial charge in [0, 0.05) is 6.54 Å². The number of methoxy groups -OCH3 is 1. The van der Waals surface area contributed by atoms with Crippen molar-refractivity contribution in [2.24, 2.45) is 5.41 Å². The minimum atomic E-state index is 0.0372. The van der Waals surface area contributed by atoms with Crippen molar-refractivity contribution in [3.8, 4) is 5.75 Å². The standard InChI is InChI=1S/C15H25NO2/c1-15(2,3)11-16(4)14(10-17)12-6-8-13(18-5)9-7-12/h6-9,14,17H,10-11H2,1-5H3. The molecular weight excluding hydrogens is 226 g/mol. The third-order valence-electron chi connectivity index (χ3n) is 2.93. The van der Waals surface area contributed by atoms with Crippen molar-refractivity contribution in [2.45, 2.75) is 26.8 Å². The minimum absolute atomic E-state index is 0.0372. The Bertz CT molecular complexity index is 354. The molecule has 1 N–H and O–H groups in total. The van der Waals surface area contributed by atoms with Gasteiger partial charge in [-0.2, -0.15) is 0 Å². The average Bonchev–Trinajstić information content (AvgIpc) is 2.28. The van der Waals surface area contributed by atoms with Crippen LogP contribution in [-0.2, 0) is 0 Å². The molecule has 0 amide bonds. The average molecular weight is 251 g/mol. The van der Waals surface area contributed by atoms with Crippen molar-refractivity contribution in [3.63, 3.8) is 0 Å². The molecule has 0 saturated heterocycles. The Kier molecular flexibility index (Phi) is 5.17. The first-order valence-corrected chi connectivity index (χ1v) is 6.32. The summed E-state index contributed by atoms with van der Waals surface area (Å²) in [7, 11) is 3.71. The highest BCUT2D eigenvalue weighted by molar-refractivity contribution is 5.29. The minimum Gasteiger partial charge on any atom is -0.497 e. The van der Waals surface area contributed by atoms with E-state index in [4.69, 9.17) is 4.74 Å². The largest absolute Gasteiger partial charge is 0.497 e. The van der Waals surface area contributed by atoms with Crippen molar-refractivity contribution in [3.05, 3.63) is 29.8 Å². The first-order valence-electron chi connectivity index (χ1n) is 6.32. The van der Waals surface area contributed by atoms with E-state index in [1.165, 1.54) is 0 Å². The first-order chi connectivity index (χ1) is 8.37. The molecule has 0 heterocycles. The molecule has 0 radical (unpaired) electrons. The van der Waals surface area contributed by atoms with Gasteiger partial charge in [0.1, 0.15) is 5.75 Å². The monoisotopic (exact) mass is 251 g/mol. The summed E-state index contributed by atoms with van der Waals surface area (Å²) < 4.78 is 5.15. The molecule has 0 aliphatic carbocycles. The molecule has 0 spiro atoms. The zero-order valence-corrected chi connectivity index (χ0v) is 12.1. The number of benzene rings is 1. The lowest BCUT2D eigenvalue weighted by molar-refractivity contribution is 0.115. The van der Waals surface area contributed by atoms with Crippen molar-refractivity contribution >= 4 is 0 Å². The molecule has 0 aliphatic heterocycles. The Labute approximate surface area is 110 Å². The van der Waals surface area contributed by atoms with E-state index in [0.717, 1.165) is 17.9 Å². The van der Waals surface area contributed by atoms with E-state index in [-0.39, 0.29) is 18.1 Å². The Morgan fingerprint density at radius 3 is 2.17 bits per heavy atom. The lowest BCUT2D eigenvalue weighted by Gasteiger charge is -2.32. The second-order valence-electron chi connectivity index (χ2n) is 5.95. The van der Waals surface area contributed by atoms with Crippen LogP contribution in [0.4, 0.5) is 0 Å². The smallest absolute Gasteiger partial charge is 0.118 e. The number of ether oxygens (including phenoxy) is 1. The van der Waals surface area contributed by atoms with E-state index in [9.17, 15) is 5.11 Å². The van der Waals surface area contributed by atoms with Gasteiger partial charge in [-0.25, -0.2) is 0 Å². The van der Waals surface area contributed by atoms with Crippen LogP contribution in [0.3, 0.4) is 0 Å². The van der Waals surface area contributed by atoms with Gasteiger partial charge in [-0.15, -0.1) is 0 Å². The number of nitrogens with zero attached hydrogens (tertiary/aromatic N) is 1. The number of rotatable bonds is 5. The molecule has 0 aliphatic rings. The van der Waals surface area contributed by atoms with Gasteiger partial charge in [-0.05, 0) is 30.2 Å². The molecular formula is C15H25NO2. The first kappa shape index (κ1) is 15.0. The van der Waals surface area contributed by atoms with E-state index in [2.05, 4.69) is 32.7 Å². The van der Waals surface area contributed by atoms with E-state index >= 15 is 0 Å². The van der Waals surface area contributed by atoms with Gasteiger partial charge in [-0.1, -0.05) is 32.9 Å².